The van der Waals surface area contributed by atoms with Crippen LogP contribution in [0.5, 0.6) is 0 Å². The van der Waals surface area contributed by atoms with Crippen LogP contribution in [-0.4, -0.2) is 162 Å². The Morgan fingerprint density at radius 3 is 0.283 bits per heavy atom. The summed E-state index contributed by atoms with van der Waals surface area (Å²) < 4.78 is 256. The zero-order valence-electron chi connectivity index (χ0n) is 20.5. The molecule has 0 aliphatic rings. The van der Waals surface area contributed by atoms with Gasteiger partial charge in [0.1, 0.15) is 0 Å². The minimum absolute atomic E-state index is 0. The van der Waals surface area contributed by atoms with E-state index in [9.17, 15) is 0 Å². The molecule has 0 fully saturated rings. The monoisotopic (exact) mass is 940 g/mol. The summed E-state index contributed by atoms with van der Waals surface area (Å²) in [7, 11) is -38.1. The van der Waals surface area contributed by atoms with Crippen LogP contribution in [0.3, 0.4) is 0 Å². The molecule has 0 saturated carbocycles. The first-order valence-corrected chi connectivity index (χ1v) is 16.6. The molecule has 36 nitrogen and oxygen atoms in total. The van der Waals surface area contributed by atoms with Crippen LogP contribution in [0.2, 0.25) is 0 Å². The standard InChI is InChI=1S/Na.8H2O4S.4H2O.Zn/c;8*1-5(2,3)4;;;;;/h;8*(H2,1,2,3,4);4*1H2;/q+1;;;;;;;;;;;;;+2/p-3. The third-order valence-corrected chi connectivity index (χ3v) is 0. The molecule has 46 heavy (non-hydrogen) atoms. The SMILES string of the molecule is O.O.O.O.O=S(=O)(O)O.O=S(=O)(O)O.O=S(=O)(O)O.O=S(=O)(O)O.O=S(=O)(O)O.O=S(=O)(O)O.O=S(=O)([O-])O.O=S(=O)([O-])[O-].[Na+].[Zn+2]. The van der Waals surface area contributed by atoms with Crippen LogP contribution in [0.25, 0.3) is 0 Å². The molecule has 21 N–H and O–H groups in total. The maximum absolute atomic E-state index is 8.74. The Morgan fingerprint density at radius 1 is 0.283 bits per heavy atom. The molecule has 0 bridgehead atoms. The van der Waals surface area contributed by atoms with Gasteiger partial charge in [-0.1, -0.05) is 0 Å². The van der Waals surface area contributed by atoms with E-state index < -0.39 is 83.2 Å². The Labute approximate surface area is 292 Å². The maximum atomic E-state index is 8.74. The summed E-state index contributed by atoms with van der Waals surface area (Å²) in [5.74, 6) is 0. The van der Waals surface area contributed by atoms with Gasteiger partial charge in [-0.25, -0.2) is 8.42 Å². The second-order valence-electron chi connectivity index (χ2n) is 3.52. The first kappa shape index (κ1) is 91.1. The molecule has 0 aromatic carbocycles. The summed E-state index contributed by atoms with van der Waals surface area (Å²) in [6, 6.07) is 0. The molecule has 0 aliphatic carbocycles. The van der Waals surface area contributed by atoms with Crippen molar-refractivity contribution in [1.82, 2.24) is 0 Å². The largest absolute Gasteiger partial charge is 2.00 e. The molecule has 0 radical (unpaired) electrons. The second-order valence-corrected chi connectivity index (χ2v) is 10.6. The van der Waals surface area contributed by atoms with Gasteiger partial charge in [0.05, 0.1) is 0 Å². The third kappa shape index (κ3) is 467000. The van der Waals surface area contributed by atoms with Gasteiger partial charge in [0.25, 0.3) is 0 Å². The average molecular weight is 942 g/mol. The van der Waals surface area contributed by atoms with E-state index in [2.05, 4.69) is 0 Å². The smallest absolute Gasteiger partial charge is 0.759 e. The van der Waals surface area contributed by atoms with E-state index in [0.29, 0.717) is 0 Å². The summed E-state index contributed by atoms with van der Waals surface area (Å²) in [4.78, 5) is 0. The first-order chi connectivity index (χ1) is 16.0. The normalized spacial score (nSPS) is 10.1. The molecule has 0 atom stereocenters. The fraction of sp³-hybridized carbons (Fsp3) is 0. The van der Waals surface area contributed by atoms with Crippen molar-refractivity contribution in [2.45, 2.75) is 0 Å². The van der Waals surface area contributed by atoms with Crippen molar-refractivity contribution in [3.05, 3.63) is 0 Å². The summed E-state index contributed by atoms with van der Waals surface area (Å²) in [5, 5.41) is 0. The molecule has 0 rings (SSSR count). The molecule has 0 heterocycles. The van der Waals surface area contributed by atoms with E-state index in [0.717, 1.165) is 0 Å². The molecule has 0 amide bonds. The maximum Gasteiger partial charge on any atom is 2.00 e. The number of hydrogen-bond donors (Lipinski definition) is 13. The van der Waals surface area contributed by atoms with Gasteiger partial charge in [-0.15, -0.1) is 0 Å². The Morgan fingerprint density at radius 2 is 0.283 bits per heavy atom. The van der Waals surface area contributed by atoms with Gasteiger partial charge in [0.2, 0.25) is 10.4 Å². The van der Waals surface area contributed by atoms with Crippen LogP contribution in [-0.2, 0) is 103 Å². The number of rotatable bonds is 0. The zero-order valence-corrected chi connectivity index (χ0v) is 32.0. The third-order valence-electron chi connectivity index (χ3n) is 0. The Bertz CT molecular complexity index is 1070. The summed E-state index contributed by atoms with van der Waals surface area (Å²) in [5.41, 5.74) is 0. The van der Waals surface area contributed by atoms with Crippen molar-refractivity contribution in [3.8, 4) is 0 Å². The Kier molecular flexibility index (Phi) is 75.7. The van der Waals surface area contributed by atoms with Crippen LogP contribution in [0.4, 0.5) is 0 Å². The van der Waals surface area contributed by atoms with Crippen molar-refractivity contribution >= 4 is 83.2 Å². The molecule has 0 spiro atoms. The van der Waals surface area contributed by atoms with Gasteiger partial charge in [-0.2, -0.15) is 50.5 Å². The Hall–Kier alpha value is 0.423. The van der Waals surface area contributed by atoms with E-state index in [1.54, 1.807) is 0 Å². The van der Waals surface area contributed by atoms with Gasteiger partial charge in [0, 0.05) is 10.4 Å². The van der Waals surface area contributed by atoms with Crippen molar-refractivity contribution < 1.29 is 211 Å². The summed E-state index contributed by atoms with van der Waals surface area (Å²) in [6.07, 6.45) is 0. The minimum atomic E-state index is -5.17. The van der Waals surface area contributed by atoms with E-state index in [1.807, 2.05) is 0 Å². The van der Waals surface area contributed by atoms with Gasteiger partial charge in [0.15, 0.2) is 0 Å². The molecule has 0 aromatic heterocycles. The van der Waals surface area contributed by atoms with Crippen LogP contribution in [0.1, 0.15) is 0 Å². The van der Waals surface area contributed by atoms with Crippen molar-refractivity contribution in [2.75, 3.05) is 0 Å². The van der Waals surface area contributed by atoms with E-state index in [4.69, 9.17) is 140 Å². The molecular weight excluding hydrogens is 921 g/mol. The summed E-state index contributed by atoms with van der Waals surface area (Å²) >= 11 is 0. The van der Waals surface area contributed by atoms with Gasteiger partial charge in [-0.05, 0) is 0 Å². The quantitative estimate of drug-likeness (QED) is 0.0609. The van der Waals surface area contributed by atoms with Crippen LogP contribution in [0.15, 0.2) is 0 Å². The van der Waals surface area contributed by atoms with E-state index in [1.165, 1.54) is 0 Å². The fourth-order valence-corrected chi connectivity index (χ4v) is 0. The van der Waals surface area contributed by atoms with Gasteiger partial charge >= 0.3 is 111 Å². The average Bonchev–Trinajstić information content (AvgIpc) is 2.16. The van der Waals surface area contributed by atoms with Crippen LogP contribution < -0.4 is 29.6 Å². The predicted molar refractivity (Wildman–Crippen MR) is 122 cm³/mol. The minimum Gasteiger partial charge on any atom is -0.759 e. The van der Waals surface area contributed by atoms with Crippen LogP contribution >= 0.6 is 0 Å². The number of hydrogen-bond acceptors (Lipinski definition) is 19. The molecule has 0 unspecified atom stereocenters. The van der Waals surface area contributed by atoms with Crippen LogP contribution in [0, 0.1) is 0 Å². The van der Waals surface area contributed by atoms with Gasteiger partial charge in [-0.3, -0.25) is 67.6 Å². The predicted octanol–water partition coefficient (Wildman–Crippen LogP) is -12.5. The van der Waals surface area contributed by atoms with E-state index in [-0.39, 0.29) is 70.9 Å². The molecule has 0 saturated heterocycles. The molecule has 0 aromatic rings. The topological polar surface area (TPSA) is 731 Å². The van der Waals surface area contributed by atoms with Crippen molar-refractivity contribution in [1.29, 1.82) is 0 Å². The fourth-order valence-electron chi connectivity index (χ4n) is 0. The van der Waals surface area contributed by atoms with Gasteiger partial charge < -0.3 is 35.6 Å². The van der Waals surface area contributed by atoms with Crippen molar-refractivity contribution in [3.63, 3.8) is 0 Å². The Balaban J connectivity index is -0.0000000208. The molecular formula is H21NaO36S8Zn. The second kappa shape index (κ2) is 38.2. The van der Waals surface area contributed by atoms with E-state index >= 15 is 0 Å². The molecule has 46 heteroatoms. The molecule has 0 aliphatic heterocycles. The first-order valence-electron chi connectivity index (χ1n) is 5.54. The molecule has 288 valence electrons. The zero-order chi connectivity index (χ0) is 36.0. The van der Waals surface area contributed by atoms with Crippen molar-refractivity contribution in [2.24, 2.45) is 0 Å². The summed E-state index contributed by atoms with van der Waals surface area (Å²) in [6.45, 7) is 0.